The van der Waals surface area contributed by atoms with Crippen LogP contribution in [0.25, 0.3) is 0 Å². The third kappa shape index (κ3) is 3.22. The molecule has 0 atom stereocenters. The molecule has 0 saturated heterocycles. The second kappa shape index (κ2) is 5.70. The largest absolute Gasteiger partial charge is 0.477 e. The average Bonchev–Trinajstić information content (AvgIpc) is 2.92. The highest BCUT2D eigenvalue weighted by molar-refractivity contribution is 6.04. The Morgan fingerprint density at radius 3 is 2.67 bits per heavy atom. The molecule has 0 bridgehead atoms. The molecule has 2 rings (SSSR count). The first-order valence-electron chi connectivity index (χ1n) is 6.44. The summed E-state index contributed by atoms with van der Waals surface area (Å²) in [4.78, 5) is 25.7. The van der Waals surface area contributed by atoms with Gasteiger partial charge in [0, 0.05) is 18.9 Å². The van der Waals surface area contributed by atoms with Crippen LogP contribution in [0.1, 0.15) is 28.8 Å². The van der Waals surface area contributed by atoms with Crippen LogP contribution in [-0.2, 0) is 13.5 Å². The fraction of sp³-hybridized carbons (Fsp3) is 0.308. The fourth-order valence-electron chi connectivity index (χ4n) is 2.03. The number of nitrogens with zero attached hydrogens (tertiary/aromatic N) is 2. The van der Waals surface area contributed by atoms with Crippen LogP contribution < -0.4 is 10.6 Å². The average molecular weight is 291 g/mol. The number of aromatic nitrogens is 3. The number of carbonyl (C=O) groups excluding carboxylic acids is 1. The van der Waals surface area contributed by atoms with E-state index in [1.807, 2.05) is 6.92 Å². The molecular weight excluding hydrogens is 274 g/mol. The minimum atomic E-state index is -1.13. The van der Waals surface area contributed by atoms with Crippen molar-refractivity contribution in [2.75, 3.05) is 10.6 Å². The van der Waals surface area contributed by atoms with Crippen LogP contribution in [0.5, 0.6) is 0 Å². The number of aryl methyl sites for hydroxylation is 3. The van der Waals surface area contributed by atoms with Crippen LogP contribution in [0, 0.1) is 6.92 Å². The molecule has 2 aromatic rings. The highest BCUT2D eigenvalue weighted by atomic mass is 16.4. The predicted molar refractivity (Wildman–Crippen MR) is 77.7 cm³/mol. The zero-order valence-corrected chi connectivity index (χ0v) is 12.0. The van der Waals surface area contributed by atoms with Crippen LogP contribution in [0.2, 0.25) is 0 Å². The first kappa shape index (κ1) is 14.6. The number of rotatable bonds is 4. The summed E-state index contributed by atoms with van der Waals surface area (Å²) < 4.78 is 1.61. The monoisotopic (exact) mass is 291 g/mol. The van der Waals surface area contributed by atoms with Gasteiger partial charge in [0.25, 0.3) is 0 Å². The second-order valence-electron chi connectivity index (χ2n) is 4.64. The first-order valence-corrected chi connectivity index (χ1v) is 6.44. The van der Waals surface area contributed by atoms with E-state index in [0.717, 1.165) is 5.69 Å². The van der Waals surface area contributed by atoms with Gasteiger partial charge in [0.05, 0.1) is 17.1 Å². The number of carboxylic acid groups (broad SMARTS) is 1. The lowest BCUT2D eigenvalue weighted by molar-refractivity contribution is 0.0692. The number of carbonyl (C=O) groups is 2. The molecule has 8 heteroatoms. The van der Waals surface area contributed by atoms with E-state index >= 15 is 0 Å². The third-order valence-corrected chi connectivity index (χ3v) is 2.90. The maximum absolute atomic E-state index is 12.0. The zero-order valence-electron chi connectivity index (χ0n) is 12.0. The Hall–Kier alpha value is -2.77. The number of anilines is 2. The standard InChI is InChI=1S/C13H17N5O3/c1-4-8-10(6-18(3)17-8)16-13(21)15-9-5-7(2)14-11(9)12(19)20/h5-6,14H,4H2,1-3H3,(H,19,20)(H2,15,16,21). The van der Waals surface area contributed by atoms with E-state index in [2.05, 4.69) is 20.7 Å². The Kier molecular flexibility index (Phi) is 3.97. The third-order valence-electron chi connectivity index (χ3n) is 2.90. The molecule has 2 heterocycles. The Morgan fingerprint density at radius 1 is 1.38 bits per heavy atom. The van der Waals surface area contributed by atoms with Gasteiger partial charge in [-0.1, -0.05) is 6.92 Å². The summed E-state index contributed by atoms with van der Waals surface area (Å²) in [5, 5.41) is 18.5. The van der Waals surface area contributed by atoms with Crippen molar-refractivity contribution in [1.29, 1.82) is 0 Å². The minimum Gasteiger partial charge on any atom is -0.477 e. The maximum atomic E-state index is 12.0. The van der Waals surface area contributed by atoms with Gasteiger partial charge in [0.1, 0.15) is 5.69 Å². The smallest absolute Gasteiger partial charge is 0.354 e. The summed E-state index contributed by atoms with van der Waals surface area (Å²) in [5.74, 6) is -1.13. The lowest BCUT2D eigenvalue weighted by Gasteiger charge is -2.06. The molecule has 0 spiro atoms. The zero-order chi connectivity index (χ0) is 15.6. The summed E-state index contributed by atoms with van der Waals surface area (Å²) in [6.07, 6.45) is 2.37. The fourth-order valence-corrected chi connectivity index (χ4v) is 2.03. The van der Waals surface area contributed by atoms with Gasteiger partial charge in [0.15, 0.2) is 0 Å². The lowest BCUT2D eigenvalue weighted by Crippen LogP contribution is -2.21. The Bertz CT molecular complexity index is 686. The predicted octanol–water partition coefficient (Wildman–Crippen LogP) is 1.96. The molecule has 0 aliphatic rings. The highest BCUT2D eigenvalue weighted by Gasteiger charge is 2.16. The highest BCUT2D eigenvalue weighted by Crippen LogP contribution is 2.18. The number of carboxylic acids is 1. The van der Waals surface area contributed by atoms with Gasteiger partial charge in [0.2, 0.25) is 0 Å². The molecule has 2 amide bonds. The molecule has 112 valence electrons. The molecule has 2 aromatic heterocycles. The van der Waals surface area contributed by atoms with Crippen molar-refractivity contribution < 1.29 is 14.7 Å². The van der Waals surface area contributed by atoms with Crippen molar-refractivity contribution in [2.24, 2.45) is 7.05 Å². The number of amides is 2. The molecule has 0 aliphatic carbocycles. The van der Waals surface area contributed by atoms with Crippen molar-refractivity contribution in [3.63, 3.8) is 0 Å². The number of hydrogen-bond donors (Lipinski definition) is 4. The van der Waals surface area contributed by atoms with Crippen LogP contribution in [0.15, 0.2) is 12.3 Å². The number of nitrogens with one attached hydrogen (secondary N) is 3. The minimum absolute atomic E-state index is 0.0513. The Balaban J connectivity index is 2.13. The van der Waals surface area contributed by atoms with Crippen molar-refractivity contribution in [3.8, 4) is 0 Å². The van der Waals surface area contributed by atoms with Gasteiger partial charge in [-0.3, -0.25) is 4.68 Å². The van der Waals surface area contributed by atoms with Gasteiger partial charge in [-0.25, -0.2) is 9.59 Å². The van der Waals surface area contributed by atoms with Gasteiger partial charge in [-0.2, -0.15) is 5.10 Å². The van der Waals surface area contributed by atoms with E-state index in [1.165, 1.54) is 0 Å². The molecule has 8 nitrogen and oxygen atoms in total. The SMILES string of the molecule is CCc1nn(C)cc1NC(=O)Nc1cc(C)[nH]c1C(=O)O. The van der Waals surface area contributed by atoms with Crippen LogP contribution in [0.3, 0.4) is 0 Å². The molecular formula is C13H17N5O3. The van der Waals surface area contributed by atoms with Crippen LogP contribution >= 0.6 is 0 Å². The van der Waals surface area contributed by atoms with Gasteiger partial charge in [-0.05, 0) is 19.4 Å². The maximum Gasteiger partial charge on any atom is 0.354 e. The Labute approximate surface area is 121 Å². The number of hydrogen-bond acceptors (Lipinski definition) is 3. The van der Waals surface area contributed by atoms with E-state index in [4.69, 9.17) is 5.11 Å². The molecule has 0 aromatic carbocycles. The molecule has 4 N–H and O–H groups in total. The van der Waals surface area contributed by atoms with E-state index in [0.29, 0.717) is 17.8 Å². The molecule has 0 unspecified atom stereocenters. The van der Waals surface area contributed by atoms with Crippen molar-refractivity contribution in [1.82, 2.24) is 14.8 Å². The first-order chi connectivity index (χ1) is 9.90. The van der Waals surface area contributed by atoms with Crippen LogP contribution in [-0.4, -0.2) is 31.9 Å². The summed E-state index contributed by atoms with van der Waals surface area (Å²) in [6, 6.07) is 1.05. The van der Waals surface area contributed by atoms with Crippen molar-refractivity contribution >= 4 is 23.4 Å². The van der Waals surface area contributed by atoms with Gasteiger partial charge >= 0.3 is 12.0 Å². The molecule has 0 radical (unpaired) electrons. The van der Waals surface area contributed by atoms with Crippen molar-refractivity contribution in [3.05, 3.63) is 29.3 Å². The molecule has 0 fully saturated rings. The topological polar surface area (TPSA) is 112 Å². The Morgan fingerprint density at radius 2 is 2.05 bits per heavy atom. The molecule has 0 aliphatic heterocycles. The summed E-state index contributed by atoms with van der Waals surface area (Å²) in [7, 11) is 1.76. The van der Waals surface area contributed by atoms with E-state index in [9.17, 15) is 9.59 Å². The van der Waals surface area contributed by atoms with E-state index in [1.54, 1.807) is 30.9 Å². The number of aromatic amines is 1. The number of urea groups is 1. The van der Waals surface area contributed by atoms with E-state index in [-0.39, 0.29) is 11.4 Å². The lowest BCUT2D eigenvalue weighted by atomic mass is 10.3. The quantitative estimate of drug-likeness (QED) is 0.689. The van der Waals surface area contributed by atoms with Gasteiger partial charge in [-0.15, -0.1) is 0 Å². The number of H-pyrrole nitrogens is 1. The van der Waals surface area contributed by atoms with E-state index < -0.39 is 12.0 Å². The summed E-state index contributed by atoms with van der Waals surface area (Å²) in [5.41, 5.74) is 2.18. The van der Waals surface area contributed by atoms with Gasteiger partial charge < -0.3 is 20.7 Å². The van der Waals surface area contributed by atoms with Crippen LogP contribution in [0.4, 0.5) is 16.2 Å². The second-order valence-corrected chi connectivity index (χ2v) is 4.64. The normalized spacial score (nSPS) is 10.4. The molecule has 0 saturated carbocycles. The number of aromatic carboxylic acids is 1. The summed E-state index contributed by atoms with van der Waals surface area (Å²) in [6.45, 7) is 3.65. The summed E-state index contributed by atoms with van der Waals surface area (Å²) >= 11 is 0. The molecule has 21 heavy (non-hydrogen) atoms. The van der Waals surface area contributed by atoms with Crippen molar-refractivity contribution in [2.45, 2.75) is 20.3 Å².